The van der Waals surface area contributed by atoms with E-state index in [0.29, 0.717) is 13.0 Å². The van der Waals surface area contributed by atoms with Crippen LogP contribution in [0.5, 0.6) is 0 Å². The summed E-state index contributed by atoms with van der Waals surface area (Å²) in [4.78, 5) is 25.4. The summed E-state index contributed by atoms with van der Waals surface area (Å²) in [5, 5.41) is 2.74. The number of nitrogens with one attached hydrogen (secondary N) is 1. The summed E-state index contributed by atoms with van der Waals surface area (Å²) in [5.41, 5.74) is -0.526. The molecular weight excluding hydrogens is 204 g/mol. The van der Waals surface area contributed by atoms with Crippen LogP contribution in [0.2, 0.25) is 0 Å². The Hall–Kier alpha value is -1.06. The highest BCUT2D eigenvalue weighted by molar-refractivity contribution is 5.92. The van der Waals surface area contributed by atoms with Crippen LogP contribution in [0.4, 0.5) is 0 Å². The molecule has 1 heterocycles. The molecule has 16 heavy (non-hydrogen) atoms. The molecule has 0 saturated carbocycles. The van der Waals surface area contributed by atoms with Crippen molar-refractivity contribution >= 4 is 11.8 Å². The summed E-state index contributed by atoms with van der Waals surface area (Å²) in [6.45, 7) is 8.07. The molecular formula is C12H22N2O2. The first-order chi connectivity index (χ1) is 7.53. The number of carbonyl (C=O) groups excluding carboxylic acids is 2. The molecule has 0 aromatic heterocycles. The van der Waals surface area contributed by atoms with Gasteiger partial charge in [0.1, 0.15) is 0 Å². The van der Waals surface area contributed by atoms with E-state index in [4.69, 9.17) is 0 Å². The van der Waals surface area contributed by atoms with Gasteiger partial charge >= 0.3 is 0 Å². The zero-order valence-corrected chi connectivity index (χ0v) is 10.5. The summed E-state index contributed by atoms with van der Waals surface area (Å²) in [7, 11) is 0. The molecule has 4 heteroatoms. The van der Waals surface area contributed by atoms with Gasteiger partial charge in [-0.2, -0.15) is 0 Å². The minimum absolute atomic E-state index is 0.0104. The number of nitrogens with zero attached hydrogens (tertiary/aromatic N) is 1. The number of hydrogen-bond acceptors (Lipinski definition) is 2. The molecule has 0 spiro atoms. The van der Waals surface area contributed by atoms with Crippen molar-refractivity contribution in [3.63, 3.8) is 0 Å². The van der Waals surface area contributed by atoms with Crippen molar-refractivity contribution in [3.8, 4) is 0 Å². The first-order valence-corrected chi connectivity index (χ1v) is 6.09. The topological polar surface area (TPSA) is 49.4 Å². The third kappa shape index (κ3) is 2.74. The number of hydrogen-bond donors (Lipinski definition) is 1. The number of carbonyl (C=O) groups is 2. The maximum atomic E-state index is 12.3. The van der Waals surface area contributed by atoms with Crippen LogP contribution in [0.1, 0.15) is 40.0 Å². The van der Waals surface area contributed by atoms with Crippen LogP contribution in [-0.4, -0.2) is 36.3 Å². The highest BCUT2D eigenvalue weighted by atomic mass is 16.2. The van der Waals surface area contributed by atoms with E-state index in [1.54, 1.807) is 0 Å². The van der Waals surface area contributed by atoms with Gasteiger partial charge in [-0.15, -0.1) is 0 Å². The number of rotatable bonds is 5. The van der Waals surface area contributed by atoms with Gasteiger partial charge in [0, 0.05) is 26.1 Å². The molecule has 1 fully saturated rings. The summed E-state index contributed by atoms with van der Waals surface area (Å²) < 4.78 is 0. The molecule has 4 nitrogen and oxygen atoms in total. The van der Waals surface area contributed by atoms with Crippen molar-refractivity contribution in [2.75, 3.05) is 19.6 Å². The van der Waals surface area contributed by atoms with Gasteiger partial charge in [-0.1, -0.05) is 13.8 Å². The minimum Gasteiger partial charge on any atom is -0.355 e. The van der Waals surface area contributed by atoms with Crippen LogP contribution in [0.3, 0.4) is 0 Å². The molecule has 0 aromatic carbocycles. The largest absolute Gasteiger partial charge is 0.355 e. The molecule has 0 aliphatic carbocycles. The average Bonchev–Trinajstić information content (AvgIpc) is 2.59. The van der Waals surface area contributed by atoms with Crippen molar-refractivity contribution in [1.29, 1.82) is 0 Å². The van der Waals surface area contributed by atoms with Gasteiger partial charge < -0.3 is 10.2 Å². The Morgan fingerprint density at radius 1 is 1.38 bits per heavy atom. The van der Waals surface area contributed by atoms with Crippen molar-refractivity contribution < 1.29 is 9.59 Å². The average molecular weight is 226 g/mol. The summed E-state index contributed by atoms with van der Waals surface area (Å²) in [5.74, 6) is 0.110. The van der Waals surface area contributed by atoms with E-state index >= 15 is 0 Å². The summed E-state index contributed by atoms with van der Waals surface area (Å²) >= 11 is 0. The first kappa shape index (κ1) is 13.0. The molecule has 1 unspecified atom stereocenters. The standard InChI is InChI=1S/C12H22N2O2/c1-4-6-14(7-5-2)11(16)12(3)8-10(15)13-9-12/h4-9H2,1-3H3,(H,13,15). The molecule has 1 aliphatic heterocycles. The smallest absolute Gasteiger partial charge is 0.230 e. The maximum absolute atomic E-state index is 12.3. The first-order valence-electron chi connectivity index (χ1n) is 6.09. The van der Waals surface area contributed by atoms with Crippen LogP contribution in [0.25, 0.3) is 0 Å². The predicted octanol–water partition coefficient (Wildman–Crippen LogP) is 1.16. The van der Waals surface area contributed by atoms with Gasteiger partial charge in [-0.25, -0.2) is 0 Å². The normalized spacial score (nSPS) is 24.3. The fourth-order valence-electron chi connectivity index (χ4n) is 2.16. The van der Waals surface area contributed by atoms with Gasteiger partial charge in [0.05, 0.1) is 5.41 Å². The highest BCUT2D eigenvalue weighted by Gasteiger charge is 2.42. The lowest BCUT2D eigenvalue weighted by Crippen LogP contribution is -2.44. The molecule has 1 atom stereocenters. The van der Waals surface area contributed by atoms with Gasteiger partial charge in [0.25, 0.3) is 0 Å². The van der Waals surface area contributed by atoms with E-state index in [0.717, 1.165) is 25.9 Å². The van der Waals surface area contributed by atoms with Crippen LogP contribution < -0.4 is 5.32 Å². The van der Waals surface area contributed by atoms with E-state index in [9.17, 15) is 9.59 Å². The van der Waals surface area contributed by atoms with Gasteiger partial charge in [-0.05, 0) is 19.8 Å². The van der Waals surface area contributed by atoms with Gasteiger partial charge in [-0.3, -0.25) is 9.59 Å². The van der Waals surface area contributed by atoms with E-state index < -0.39 is 5.41 Å². The van der Waals surface area contributed by atoms with Crippen molar-refractivity contribution in [1.82, 2.24) is 10.2 Å². The molecule has 1 N–H and O–H groups in total. The highest BCUT2D eigenvalue weighted by Crippen LogP contribution is 2.28. The second-order valence-electron chi connectivity index (χ2n) is 4.81. The second kappa shape index (κ2) is 5.32. The predicted molar refractivity (Wildman–Crippen MR) is 62.9 cm³/mol. The van der Waals surface area contributed by atoms with E-state index in [-0.39, 0.29) is 11.8 Å². The molecule has 92 valence electrons. The Morgan fingerprint density at radius 2 is 1.94 bits per heavy atom. The fraction of sp³-hybridized carbons (Fsp3) is 0.833. The SMILES string of the molecule is CCCN(CCC)C(=O)C1(C)CNC(=O)C1. The zero-order valence-electron chi connectivity index (χ0n) is 10.5. The monoisotopic (exact) mass is 226 g/mol. The quantitative estimate of drug-likeness (QED) is 0.765. The Labute approximate surface area is 97.4 Å². The van der Waals surface area contributed by atoms with Gasteiger partial charge in [0.15, 0.2) is 0 Å². The van der Waals surface area contributed by atoms with Gasteiger partial charge in [0.2, 0.25) is 11.8 Å². The lowest BCUT2D eigenvalue weighted by Gasteiger charge is -2.30. The second-order valence-corrected chi connectivity index (χ2v) is 4.81. The third-order valence-electron chi connectivity index (χ3n) is 3.02. The summed E-state index contributed by atoms with van der Waals surface area (Å²) in [6.07, 6.45) is 2.25. The van der Waals surface area contributed by atoms with E-state index in [1.165, 1.54) is 0 Å². The van der Waals surface area contributed by atoms with E-state index in [2.05, 4.69) is 19.2 Å². The molecule has 1 aliphatic rings. The zero-order chi connectivity index (χ0) is 12.2. The van der Waals surface area contributed by atoms with E-state index in [1.807, 2.05) is 11.8 Å². The number of amides is 2. The summed E-state index contributed by atoms with van der Waals surface area (Å²) in [6, 6.07) is 0. The van der Waals surface area contributed by atoms with Crippen LogP contribution in [0.15, 0.2) is 0 Å². The van der Waals surface area contributed by atoms with Crippen LogP contribution >= 0.6 is 0 Å². The minimum atomic E-state index is -0.526. The maximum Gasteiger partial charge on any atom is 0.230 e. The molecule has 1 saturated heterocycles. The Morgan fingerprint density at radius 3 is 2.31 bits per heavy atom. The van der Waals surface area contributed by atoms with Crippen molar-refractivity contribution in [3.05, 3.63) is 0 Å². The van der Waals surface area contributed by atoms with Crippen molar-refractivity contribution in [2.24, 2.45) is 5.41 Å². The fourth-order valence-corrected chi connectivity index (χ4v) is 2.16. The van der Waals surface area contributed by atoms with Crippen LogP contribution in [0, 0.1) is 5.41 Å². The molecule has 1 rings (SSSR count). The molecule has 0 bridgehead atoms. The molecule has 0 radical (unpaired) electrons. The van der Waals surface area contributed by atoms with Crippen LogP contribution in [-0.2, 0) is 9.59 Å². The third-order valence-corrected chi connectivity index (χ3v) is 3.02. The lowest BCUT2D eigenvalue weighted by atomic mass is 9.87. The van der Waals surface area contributed by atoms with Crippen molar-refractivity contribution in [2.45, 2.75) is 40.0 Å². The lowest BCUT2D eigenvalue weighted by molar-refractivity contribution is -0.141. The molecule has 2 amide bonds. The molecule has 0 aromatic rings. The Balaban J connectivity index is 2.69. The Kier molecular flexibility index (Phi) is 4.33. The Bertz CT molecular complexity index is 272.